The summed E-state index contributed by atoms with van der Waals surface area (Å²) in [7, 11) is 0. The van der Waals surface area contributed by atoms with Crippen molar-refractivity contribution in [1.29, 1.82) is 5.26 Å². The van der Waals surface area contributed by atoms with Crippen LogP contribution in [0.5, 0.6) is 5.75 Å². The molecule has 0 saturated heterocycles. The molecule has 1 aromatic rings. The Hall–Kier alpha value is -2.35. The Labute approximate surface area is 92.3 Å². The molecule has 1 aromatic carbocycles. The fraction of sp³-hybridized carbons (Fsp3) is 0.182. The third-order valence-electron chi connectivity index (χ3n) is 1.90. The highest BCUT2D eigenvalue weighted by atomic mass is 16.3. The van der Waals surface area contributed by atoms with Crippen LogP contribution in [0.1, 0.15) is 23.7 Å². The van der Waals surface area contributed by atoms with Gasteiger partial charge in [-0.25, -0.2) is 0 Å². The average Bonchev–Trinajstić information content (AvgIpc) is 2.20. The molecule has 0 aliphatic carbocycles. The predicted octanol–water partition coefficient (Wildman–Crippen LogP) is 1.45. The molecule has 0 aliphatic rings. The molecule has 0 bridgehead atoms. The Morgan fingerprint density at radius 3 is 2.75 bits per heavy atom. The smallest absolute Gasteiger partial charge is 0.238 e. The molecule has 5 heteroatoms. The van der Waals surface area contributed by atoms with E-state index in [1.165, 1.54) is 25.1 Å². The number of carbonyl (C=O) groups excluding carboxylic acids is 2. The number of rotatable bonds is 3. The molecule has 16 heavy (non-hydrogen) atoms. The standard InChI is InChI=1S/C11H10N2O3/c1-7(14)9-6-8(15)2-3-10(9)13-11(16)4-5-12/h2-3,6,15H,4H2,1H3,(H,13,16). The SMILES string of the molecule is CC(=O)c1cc(O)ccc1NC(=O)CC#N. The topological polar surface area (TPSA) is 90.2 Å². The first kappa shape index (κ1) is 11.7. The van der Waals surface area contributed by atoms with Gasteiger partial charge in [0.25, 0.3) is 0 Å². The van der Waals surface area contributed by atoms with Gasteiger partial charge in [0, 0.05) is 5.56 Å². The predicted molar refractivity (Wildman–Crippen MR) is 57.0 cm³/mol. The Bertz CT molecular complexity index is 475. The first-order valence-corrected chi connectivity index (χ1v) is 4.55. The number of nitrogens with one attached hydrogen (secondary N) is 1. The van der Waals surface area contributed by atoms with Crippen molar-refractivity contribution in [1.82, 2.24) is 0 Å². The average molecular weight is 218 g/mol. The third-order valence-corrected chi connectivity index (χ3v) is 1.90. The van der Waals surface area contributed by atoms with Gasteiger partial charge in [-0.15, -0.1) is 0 Å². The van der Waals surface area contributed by atoms with Crippen LogP contribution in [0.3, 0.4) is 0 Å². The molecule has 1 rings (SSSR count). The molecule has 0 spiro atoms. The maximum atomic E-state index is 11.2. The summed E-state index contributed by atoms with van der Waals surface area (Å²) < 4.78 is 0. The van der Waals surface area contributed by atoms with Crippen LogP contribution in [-0.2, 0) is 4.79 Å². The molecule has 0 aromatic heterocycles. The summed E-state index contributed by atoms with van der Waals surface area (Å²) in [5.74, 6) is -0.817. The first-order chi connectivity index (χ1) is 7.54. The Morgan fingerprint density at radius 1 is 1.50 bits per heavy atom. The van der Waals surface area contributed by atoms with Crippen molar-refractivity contribution >= 4 is 17.4 Å². The zero-order valence-corrected chi connectivity index (χ0v) is 8.65. The number of anilines is 1. The number of phenolic OH excluding ortho intramolecular Hbond substituents is 1. The highest BCUT2D eigenvalue weighted by Gasteiger charge is 2.10. The third kappa shape index (κ3) is 2.82. The van der Waals surface area contributed by atoms with Gasteiger partial charge in [0.2, 0.25) is 5.91 Å². The number of ketones is 1. The summed E-state index contributed by atoms with van der Waals surface area (Å²) in [6.07, 6.45) is -0.280. The van der Waals surface area contributed by atoms with Gasteiger partial charge >= 0.3 is 0 Å². The van der Waals surface area contributed by atoms with Crippen molar-refractivity contribution < 1.29 is 14.7 Å². The summed E-state index contributed by atoms with van der Waals surface area (Å²) in [6, 6.07) is 5.74. The van der Waals surface area contributed by atoms with Crippen molar-refractivity contribution in [3.05, 3.63) is 23.8 Å². The van der Waals surface area contributed by atoms with Gasteiger partial charge in [0.15, 0.2) is 5.78 Å². The second-order valence-electron chi connectivity index (χ2n) is 3.17. The summed E-state index contributed by atoms with van der Waals surface area (Å²) in [4.78, 5) is 22.4. The van der Waals surface area contributed by atoms with Gasteiger partial charge in [-0.2, -0.15) is 5.26 Å². The lowest BCUT2D eigenvalue weighted by Crippen LogP contribution is -2.12. The van der Waals surface area contributed by atoms with Gasteiger partial charge in [0.1, 0.15) is 12.2 Å². The Balaban J connectivity index is 3.00. The van der Waals surface area contributed by atoms with Crippen molar-refractivity contribution in [3.8, 4) is 11.8 Å². The van der Waals surface area contributed by atoms with Crippen LogP contribution in [0, 0.1) is 11.3 Å². The summed E-state index contributed by atoms with van der Waals surface area (Å²) in [6.45, 7) is 1.33. The summed E-state index contributed by atoms with van der Waals surface area (Å²) in [5.41, 5.74) is 0.511. The highest BCUT2D eigenvalue weighted by molar-refractivity contribution is 6.04. The first-order valence-electron chi connectivity index (χ1n) is 4.55. The van der Waals surface area contributed by atoms with E-state index in [-0.39, 0.29) is 23.5 Å². The lowest BCUT2D eigenvalue weighted by molar-refractivity contribution is -0.115. The second-order valence-corrected chi connectivity index (χ2v) is 3.17. The largest absolute Gasteiger partial charge is 0.508 e. The molecule has 0 atom stereocenters. The summed E-state index contributed by atoms with van der Waals surface area (Å²) in [5, 5.41) is 20.0. The van der Waals surface area contributed by atoms with E-state index in [2.05, 4.69) is 5.32 Å². The fourth-order valence-electron chi connectivity index (χ4n) is 1.20. The molecule has 5 nitrogen and oxygen atoms in total. The fourth-order valence-corrected chi connectivity index (χ4v) is 1.20. The minimum Gasteiger partial charge on any atom is -0.508 e. The number of nitriles is 1. The Kier molecular flexibility index (Phi) is 3.62. The van der Waals surface area contributed by atoms with Gasteiger partial charge in [-0.3, -0.25) is 9.59 Å². The molecule has 0 unspecified atom stereocenters. The quantitative estimate of drug-likeness (QED) is 0.593. The van der Waals surface area contributed by atoms with Crippen LogP contribution in [0.2, 0.25) is 0 Å². The Morgan fingerprint density at radius 2 is 2.19 bits per heavy atom. The van der Waals surface area contributed by atoms with E-state index in [1.54, 1.807) is 6.07 Å². The minimum absolute atomic E-state index is 0.0523. The maximum Gasteiger partial charge on any atom is 0.238 e. The molecule has 0 aliphatic heterocycles. The van der Waals surface area contributed by atoms with Crippen LogP contribution < -0.4 is 5.32 Å². The van der Waals surface area contributed by atoms with Crippen molar-refractivity contribution in [2.75, 3.05) is 5.32 Å². The van der Waals surface area contributed by atoms with E-state index in [9.17, 15) is 14.7 Å². The van der Waals surface area contributed by atoms with E-state index in [0.717, 1.165) is 0 Å². The van der Waals surface area contributed by atoms with Crippen molar-refractivity contribution in [2.24, 2.45) is 0 Å². The number of amides is 1. The molecule has 2 N–H and O–H groups in total. The molecule has 0 radical (unpaired) electrons. The number of nitrogens with zero attached hydrogens (tertiary/aromatic N) is 1. The van der Waals surface area contributed by atoms with Gasteiger partial charge in [-0.05, 0) is 25.1 Å². The molecule has 0 fully saturated rings. The molecule has 82 valence electrons. The van der Waals surface area contributed by atoms with Crippen LogP contribution >= 0.6 is 0 Å². The van der Waals surface area contributed by atoms with Gasteiger partial charge < -0.3 is 10.4 Å². The number of carbonyl (C=O) groups is 2. The summed E-state index contributed by atoms with van der Waals surface area (Å²) >= 11 is 0. The maximum absolute atomic E-state index is 11.2. The second kappa shape index (κ2) is 4.94. The lowest BCUT2D eigenvalue weighted by atomic mass is 10.1. The highest BCUT2D eigenvalue weighted by Crippen LogP contribution is 2.21. The van der Waals surface area contributed by atoms with E-state index in [4.69, 9.17) is 5.26 Å². The van der Waals surface area contributed by atoms with Crippen molar-refractivity contribution in [3.63, 3.8) is 0 Å². The minimum atomic E-state index is -0.490. The normalized spacial score (nSPS) is 9.25. The molecule has 0 saturated carbocycles. The van der Waals surface area contributed by atoms with E-state index in [1.807, 2.05) is 0 Å². The number of aromatic hydroxyl groups is 1. The van der Waals surface area contributed by atoms with Crippen LogP contribution in [-0.4, -0.2) is 16.8 Å². The molecular formula is C11H10N2O3. The monoisotopic (exact) mass is 218 g/mol. The number of phenols is 1. The zero-order valence-electron chi connectivity index (χ0n) is 8.65. The molecule has 1 amide bonds. The van der Waals surface area contributed by atoms with E-state index in [0.29, 0.717) is 5.69 Å². The van der Waals surface area contributed by atoms with Crippen molar-refractivity contribution in [2.45, 2.75) is 13.3 Å². The zero-order chi connectivity index (χ0) is 12.1. The van der Waals surface area contributed by atoms with Crippen LogP contribution in [0.4, 0.5) is 5.69 Å². The van der Waals surface area contributed by atoms with E-state index >= 15 is 0 Å². The van der Waals surface area contributed by atoms with Crippen LogP contribution in [0.25, 0.3) is 0 Å². The number of benzene rings is 1. The van der Waals surface area contributed by atoms with Gasteiger partial charge in [0.05, 0.1) is 11.8 Å². The van der Waals surface area contributed by atoms with Crippen LogP contribution in [0.15, 0.2) is 18.2 Å². The number of hydrogen-bond acceptors (Lipinski definition) is 4. The molecule has 0 heterocycles. The molecular weight excluding hydrogens is 208 g/mol. The lowest BCUT2D eigenvalue weighted by Gasteiger charge is -2.07. The number of Topliss-reactive ketones (excluding diaryl/α,β-unsaturated/α-hetero) is 1. The van der Waals surface area contributed by atoms with E-state index < -0.39 is 5.91 Å². The van der Waals surface area contributed by atoms with Gasteiger partial charge in [-0.1, -0.05) is 0 Å². The number of hydrogen-bond donors (Lipinski definition) is 2.